The molecule has 4 aliphatic rings. The Labute approximate surface area is 186 Å². The van der Waals surface area contributed by atoms with Crippen molar-refractivity contribution in [2.24, 2.45) is 23.7 Å². The Morgan fingerprint density at radius 1 is 1.07 bits per heavy atom. The summed E-state index contributed by atoms with van der Waals surface area (Å²) in [6.07, 6.45) is 5.20. The second-order valence-electron chi connectivity index (χ2n) is 9.27. The molecule has 1 amide bonds. The van der Waals surface area contributed by atoms with Gasteiger partial charge in [-0.05, 0) is 98.2 Å². The molecule has 2 unspecified atom stereocenters. The van der Waals surface area contributed by atoms with Crippen molar-refractivity contribution < 1.29 is 14.6 Å². The van der Waals surface area contributed by atoms with Crippen LogP contribution in [0.5, 0.6) is 11.5 Å². The summed E-state index contributed by atoms with van der Waals surface area (Å²) >= 11 is 12.1. The summed E-state index contributed by atoms with van der Waals surface area (Å²) in [5.41, 5.74) is 0.173. The average molecular weight is 446 g/mol. The standard InChI is InChI=1S/C24H25Cl2NO3/c25-18-3-6-22(21(26)9-18)30-19-4-1-15(2-5-19)23(28)27-13-20-16-7-14-8-17(20)12-24(29,10-14)11-16/h1-6,9,14,16-17,20,29H,7-8,10-13H2,(H,27,28). The molecule has 2 aromatic rings. The SMILES string of the molecule is O=C(NCC1C2CC3CC1CC(O)(C3)C2)c1ccc(Oc2ccc(Cl)cc2Cl)cc1. The van der Waals surface area contributed by atoms with Gasteiger partial charge in [0.2, 0.25) is 0 Å². The number of amides is 1. The van der Waals surface area contributed by atoms with Crippen molar-refractivity contribution in [3.05, 3.63) is 58.1 Å². The number of benzene rings is 2. The van der Waals surface area contributed by atoms with E-state index in [4.69, 9.17) is 27.9 Å². The van der Waals surface area contributed by atoms with Gasteiger partial charge in [0.05, 0.1) is 10.6 Å². The second kappa shape index (κ2) is 7.74. The summed E-state index contributed by atoms with van der Waals surface area (Å²) < 4.78 is 5.78. The zero-order valence-corrected chi connectivity index (χ0v) is 18.1. The molecule has 4 nitrogen and oxygen atoms in total. The Kier molecular flexibility index (Phi) is 5.20. The molecule has 4 bridgehead atoms. The zero-order chi connectivity index (χ0) is 20.9. The lowest BCUT2D eigenvalue weighted by Crippen LogP contribution is -2.56. The summed E-state index contributed by atoms with van der Waals surface area (Å²) in [6, 6.07) is 12.1. The van der Waals surface area contributed by atoms with Crippen molar-refractivity contribution in [1.82, 2.24) is 5.32 Å². The first kappa shape index (κ1) is 20.2. The van der Waals surface area contributed by atoms with E-state index < -0.39 is 5.60 Å². The average Bonchev–Trinajstić information content (AvgIpc) is 2.69. The van der Waals surface area contributed by atoms with Crippen molar-refractivity contribution in [3.8, 4) is 11.5 Å². The molecule has 4 aliphatic carbocycles. The van der Waals surface area contributed by atoms with E-state index in [0.29, 0.717) is 57.3 Å². The number of nitrogens with one attached hydrogen (secondary N) is 1. The third-order valence-corrected chi connectivity index (χ3v) is 7.70. The number of rotatable bonds is 5. The predicted molar refractivity (Wildman–Crippen MR) is 117 cm³/mol. The van der Waals surface area contributed by atoms with Crippen LogP contribution in [0.2, 0.25) is 10.0 Å². The molecule has 6 rings (SSSR count). The van der Waals surface area contributed by atoms with Gasteiger partial charge < -0.3 is 15.2 Å². The van der Waals surface area contributed by atoms with Crippen LogP contribution in [0, 0.1) is 23.7 Å². The zero-order valence-electron chi connectivity index (χ0n) is 16.6. The van der Waals surface area contributed by atoms with Crippen LogP contribution in [0.25, 0.3) is 0 Å². The number of aliphatic hydroxyl groups is 1. The fraction of sp³-hybridized carbons (Fsp3) is 0.458. The van der Waals surface area contributed by atoms with Crippen molar-refractivity contribution >= 4 is 29.1 Å². The van der Waals surface area contributed by atoms with Crippen molar-refractivity contribution in [1.29, 1.82) is 0 Å². The smallest absolute Gasteiger partial charge is 0.251 e. The van der Waals surface area contributed by atoms with Crippen LogP contribution in [0.4, 0.5) is 0 Å². The maximum Gasteiger partial charge on any atom is 0.251 e. The van der Waals surface area contributed by atoms with Crippen LogP contribution in [0.3, 0.4) is 0 Å². The van der Waals surface area contributed by atoms with E-state index in [1.807, 2.05) is 0 Å². The van der Waals surface area contributed by atoms with E-state index in [0.717, 1.165) is 19.3 Å². The molecule has 158 valence electrons. The van der Waals surface area contributed by atoms with Crippen LogP contribution in [-0.4, -0.2) is 23.2 Å². The number of hydrogen-bond acceptors (Lipinski definition) is 3. The third-order valence-electron chi connectivity index (χ3n) is 7.17. The Morgan fingerprint density at radius 2 is 1.77 bits per heavy atom. The lowest BCUT2D eigenvalue weighted by Gasteiger charge is -2.58. The predicted octanol–water partition coefficient (Wildman–Crippen LogP) is 5.70. The third kappa shape index (κ3) is 3.93. The molecule has 0 heterocycles. The van der Waals surface area contributed by atoms with Crippen LogP contribution in [0.1, 0.15) is 42.5 Å². The quantitative estimate of drug-likeness (QED) is 0.619. The first-order chi connectivity index (χ1) is 14.4. The number of halogens is 2. The summed E-state index contributed by atoms with van der Waals surface area (Å²) in [5.74, 6) is 3.30. The van der Waals surface area contributed by atoms with Crippen LogP contribution >= 0.6 is 23.2 Å². The van der Waals surface area contributed by atoms with Crippen LogP contribution in [0.15, 0.2) is 42.5 Å². The van der Waals surface area contributed by atoms with Gasteiger partial charge in [-0.3, -0.25) is 4.79 Å². The minimum atomic E-state index is -0.431. The Bertz CT molecular complexity index is 945. The molecule has 0 spiro atoms. The molecule has 0 aromatic heterocycles. The fourth-order valence-electron chi connectivity index (χ4n) is 6.09. The Balaban J connectivity index is 1.19. The largest absolute Gasteiger partial charge is 0.456 e. The van der Waals surface area contributed by atoms with E-state index in [1.165, 1.54) is 12.8 Å². The van der Waals surface area contributed by atoms with Gasteiger partial charge in [-0.2, -0.15) is 0 Å². The lowest BCUT2D eigenvalue weighted by atomic mass is 9.50. The first-order valence-electron chi connectivity index (χ1n) is 10.6. The van der Waals surface area contributed by atoms with Crippen LogP contribution in [-0.2, 0) is 0 Å². The number of ether oxygens (including phenoxy) is 1. The molecule has 0 aliphatic heterocycles. The second-order valence-corrected chi connectivity index (χ2v) is 10.1. The van der Waals surface area contributed by atoms with Crippen LogP contribution < -0.4 is 10.1 Å². The first-order valence-corrected chi connectivity index (χ1v) is 11.4. The highest BCUT2D eigenvalue weighted by atomic mass is 35.5. The summed E-state index contributed by atoms with van der Waals surface area (Å²) in [4.78, 5) is 12.7. The molecular weight excluding hydrogens is 421 g/mol. The minimum absolute atomic E-state index is 0.0707. The molecule has 2 atom stereocenters. The highest BCUT2D eigenvalue weighted by Gasteiger charge is 2.54. The van der Waals surface area contributed by atoms with Gasteiger partial charge in [-0.15, -0.1) is 0 Å². The highest BCUT2D eigenvalue weighted by Crippen LogP contribution is 2.58. The number of carbonyl (C=O) groups excluding carboxylic acids is 1. The monoisotopic (exact) mass is 445 g/mol. The summed E-state index contributed by atoms with van der Waals surface area (Å²) in [5, 5.41) is 14.8. The van der Waals surface area contributed by atoms with Crippen molar-refractivity contribution in [2.75, 3.05) is 6.54 Å². The van der Waals surface area contributed by atoms with Gasteiger partial charge in [0.15, 0.2) is 0 Å². The van der Waals surface area contributed by atoms with Gasteiger partial charge in [-0.1, -0.05) is 23.2 Å². The van der Waals surface area contributed by atoms with Crippen molar-refractivity contribution in [3.63, 3.8) is 0 Å². The number of carbonyl (C=O) groups is 1. The van der Waals surface area contributed by atoms with Gasteiger partial charge in [-0.25, -0.2) is 0 Å². The van der Waals surface area contributed by atoms with Gasteiger partial charge in [0.1, 0.15) is 11.5 Å². The van der Waals surface area contributed by atoms with Gasteiger partial charge in [0.25, 0.3) is 5.91 Å². The van der Waals surface area contributed by atoms with Crippen molar-refractivity contribution in [2.45, 2.75) is 37.7 Å². The summed E-state index contributed by atoms with van der Waals surface area (Å²) in [6.45, 7) is 0.690. The molecule has 2 N–H and O–H groups in total. The van der Waals surface area contributed by atoms with E-state index >= 15 is 0 Å². The maximum atomic E-state index is 12.7. The Hall–Kier alpha value is -1.75. The van der Waals surface area contributed by atoms with Gasteiger partial charge in [0, 0.05) is 17.1 Å². The normalized spacial score (nSPS) is 31.6. The fourth-order valence-corrected chi connectivity index (χ4v) is 6.54. The molecule has 0 saturated heterocycles. The number of hydrogen-bond donors (Lipinski definition) is 2. The van der Waals surface area contributed by atoms with E-state index in [-0.39, 0.29) is 5.91 Å². The van der Waals surface area contributed by atoms with E-state index in [9.17, 15) is 9.90 Å². The summed E-state index contributed by atoms with van der Waals surface area (Å²) in [7, 11) is 0. The molecule has 30 heavy (non-hydrogen) atoms. The molecule has 2 aromatic carbocycles. The molecule has 4 saturated carbocycles. The van der Waals surface area contributed by atoms with E-state index in [2.05, 4.69) is 5.32 Å². The lowest BCUT2D eigenvalue weighted by molar-refractivity contribution is -0.150. The molecule has 4 fully saturated rings. The topological polar surface area (TPSA) is 58.6 Å². The molecule has 6 heteroatoms. The maximum absolute atomic E-state index is 12.7. The van der Waals surface area contributed by atoms with Gasteiger partial charge >= 0.3 is 0 Å². The molecule has 0 radical (unpaired) electrons. The van der Waals surface area contributed by atoms with E-state index in [1.54, 1.807) is 42.5 Å². The molecular formula is C24H25Cl2NO3. The Morgan fingerprint density at radius 3 is 2.40 bits per heavy atom. The highest BCUT2D eigenvalue weighted by molar-refractivity contribution is 6.35. The minimum Gasteiger partial charge on any atom is -0.456 e.